The lowest BCUT2D eigenvalue weighted by atomic mass is 10.2. The van der Waals surface area contributed by atoms with Gasteiger partial charge in [-0.1, -0.05) is 0 Å². The van der Waals surface area contributed by atoms with Crippen LogP contribution in [-0.4, -0.2) is 35.5 Å². The Morgan fingerprint density at radius 3 is 2.74 bits per heavy atom. The highest BCUT2D eigenvalue weighted by atomic mass is 32.2. The molecule has 2 rings (SSSR count). The van der Waals surface area contributed by atoms with E-state index < -0.39 is 10.8 Å². The van der Waals surface area contributed by atoms with Gasteiger partial charge in [-0.05, 0) is 27.2 Å². The Morgan fingerprint density at radius 1 is 1.47 bits per heavy atom. The third-order valence-electron chi connectivity index (χ3n) is 3.33. The Kier molecular flexibility index (Phi) is 3.93. The van der Waals surface area contributed by atoms with Gasteiger partial charge in [-0.15, -0.1) is 0 Å². The second-order valence-corrected chi connectivity index (χ2v) is 6.38. The minimum atomic E-state index is -0.787. The molecule has 106 valence electrons. The van der Waals surface area contributed by atoms with Gasteiger partial charge in [0.05, 0.1) is 5.69 Å². The molecule has 2 unspecified atom stereocenters. The first-order valence-electron chi connectivity index (χ1n) is 6.46. The van der Waals surface area contributed by atoms with Gasteiger partial charge in [0, 0.05) is 35.4 Å². The fourth-order valence-corrected chi connectivity index (χ4v) is 3.00. The van der Waals surface area contributed by atoms with Crippen LogP contribution in [0.3, 0.4) is 0 Å². The van der Waals surface area contributed by atoms with Crippen molar-refractivity contribution in [1.29, 1.82) is 0 Å². The van der Waals surface area contributed by atoms with Crippen LogP contribution in [0.15, 0.2) is 0 Å². The van der Waals surface area contributed by atoms with E-state index in [-0.39, 0.29) is 6.04 Å². The van der Waals surface area contributed by atoms with Crippen LogP contribution in [0.1, 0.15) is 32.0 Å². The van der Waals surface area contributed by atoms with E-state index in [1.54, 1.807) is 6.26 Å². The third-order valence-corrected chi connectivity index (χ3v) is 4.15. The van der Waals surface area contributed by atoms with E-state index in [9.17, 15) is 4.21 Å². The lowest BCUT2D eigenvalue weighted by Crippen LogP contribution is -2.14. The summed E-state index contributed by atoms with van der Waals surface area (Å²) in [6.07, 6.45) is 2.53. The first-order valence-corrected chi connectivity index (χ1v) is 8.19. The minimum Gasteiger partial charge on any atom is -0.369 e. The maximum atomic E-state index is 11.2. The number of anilines is 1. The molecular weight excluding hydrogens is 262 g/mol. The normalized spacial score (nSPS) is 14.9. The zero-order valence-electron chi connectivity index (χ0n) is 11.9. The van der Waals surface area contributed by atoms with Gasteiger partial charge in [-0.25, -0.2) is 9.67 Å². The predicted octanol–water partition coefficient (Wildman–Crippen LogP) is 1.47. The van der Waals surface area contributed by atoms with Crippen LogP contribution in [0.2, 0.25) is 0 Å². The van der Waals surface area contributed by atoms with E-state index in [0.717, 1.165) is 29.8 Å². The number of fused-ring (bicyclic) bond motifs is 1. The van der Waals surface area contributed by atoms with Gasteiger partial charge in [0.25, 0.3) is 0 Å². The van der Waals surface area contributed by atoms with E-state index in [2.05, 4.69) is 17.0 Å². The van der Waals surface area contributed by atoms with Crippen LogP contribution in [0, 0.1) is 6.92 Å². The average molecular weight is 283 g/mol. The number of imidazole rings is 1. The Labute approximate surface area is 115 Å². The van der Waals surface area contributed by atoms with Crippen molar-refractivity contribution in [3.8, 4) is 0 Å². The number of hydrogen-bond acceptors (Lipinski definition) is 4. The van der Waals surface area contributed by atoms with Crippen molar-refractivity contribution in [3.63, 3.8) is 0 Å². The molecule has 0 aliphatic heterocycles. The van der Waals surface area contributed by atoms with Crippen molar-refractivity contribution in [2.75, 3.05) is 17.7 Å². The number of nitrogens with zero attached hydrogens (tertiary/aromatic N) is 4. The molecule has 0 amide bonds. The van der Waals surface area contributed by atoms with Gasteiger partial charge in [-0.2, -0.15) is 5.10 Å². The van der Waals surface area contributed by atoms with Gasteiger partial charge in [-0.3, -0.25) is 8.78 Å². The molecule has 0 radical (unpaired) electrons. The summed E-state index contributed by atoms with van der Waals surface area (Å²) in [7, 11) is -0.787. The molecule has 7 heteroatoms. The molecule has 6 nitrogen and oxygen atoms in total. The zero-order valence-corrected chi connectivity index (χ0v) is 12.7. The highest BCUT2D eigenvalue weighted by Crippen LogP contribution is 2.26. The van der Waals surface area contributed by atoms with Gasteiger partial charge in [0.15, 0.2) is 5.65 Å². The number of nitrogen functional groups attached to an aromatic ring is 1. The molecule has 0 aliphatic carbocycles. The minimum absolute atomic E-state index is 0.162. The van der Waals surface area contributed by atoms with Crippen molar-refractivity contribution in [2.24, 2.45) is 0 Å². The Hall–Kier alpha value is -1.37. The Bertz CT molecular complexity index is 615. The summed E-state index contributed by atoms with van der Waals surface area (Å²) >= 11 is 0. The molecule has 0 aromatic carbocycles. The summed E-state index contributed by atoms with van der Waals surface area (Å²) < 4.78 is 15.2. The third kappa shape index (κ3) is 2.51. The lowest BCUT2D eigenvalue weighted by molar-refractivity contribution is 0.532. The molecule has 0 aliphatic rings. The standard InChI is InChI=1S/C12H21N5OS/c1-5-16-11-10(9(3)15-16)14-12(13)17(11)8(2)6-7-19(4)18/h8H,5-7H2,1-4H3,(H2,13,14). The van der Waals surface area contributed by atoms with E-state index in [4.69, 9.17) is 5.73 Å². The van der Waals surface area contributed by atoms with E-state index >= 15 is 0 Å². The quantitative estimate of drug-likeness (QED) is 0.901. The SMILES string of the molecule is CCn1nc(C)c2nc(N)n(C(C)CCS(C)=O)c21. The maximum absolute atomic E-state index is 11.2. The van der Waals surface area contributed by atoms with Crippen molar-refractivity contribution in [3.05, 3.63) is 5.69 Å². The van der Waals surface area contributed by atoms with Gasteiger partial charge >= 0.3 is 0 Å². The van der Waals surface area contributed by atoms with Gasteiger partial charge < -0.3 is 5.73 Å². The summed E-state index contributed by atoms with van der Waals surface area (Å²) in [5.41, 5.74) is 8.76. The summed E-state index contributed by atoms with van der Waals surface area (Å²) in [5.74, 6) is 1.17. The average Bonchev–Trinajstić information content (AvgIpc) is 2.83. The summed E-state index contributed by atoms with van der Waals surface area (Å²) in [6, 6.07) is 0.162. The number of hydrogen-bond donors (Lipinski definition) is 1. The Balaban J connectivity index is 2.46. The molecule has 0 bridgehead atoms. The maximum Gasteiger partial charge on any atom is 0.202 e. The van der Waals surface area contributed by atoms with Crippen LogP contribution >= 0.6 is 0 Å². The molecule has 0 spiro atoms. The highest BCUT2D eigenvalue weighted by Gasteiger charge is 2.20. The van der Waals surface area contributed by atoms with Gasteiger partial charge in [0.2, 0.25) is 5.95 Å². The topological polar surface area (TPSA) is 78.7 Å². The number of nitrogens with two attached hydrogens (primary N) is 1. The summed E-state index contributed by atoms with van der Waals surface area (Å²) in [6.45, 7) is 6.84. The first-order chi connectivity index (χ1) is 8.95. The lowest BCUT2D eigenvalue weighted by Gasteiger charge is -2.15. The molecule has 0 saturated carbocycles. The van der Waals surface area contributed by atoms with E-state index in [1.807, 2.05) is 23.1 Å². The monoisotopic (exact) mass is 283 g/mol. The number of rotatable bonds is 5. The molecular formula is C12H21N5OS. The number of aromatic nitrogens is 4. The molecule has 2 heterocycles. The van der Waals surface area contributed by atoms with Crippen LogP contribution in [0.5, 0.6) is 0 Å². The van der Waals surface area contributed by atoms with Crippen LogP contribution < -0.4 is 5.73 Å². The van der Waals surface area contributed by atoms with Crippen LogP contribution in [0.4, 0.5) is 5.95 Å². The highest BCUT2D eigenvalue weighted by molar-refractivity contribution is 7.84. The molecule has 0 saturated heterocycles. The number of aryl methyl sites for hydroxylation is 2. The smallest absolute Gasteiger partial charge is 0.202 e. The fraction of sp³-hybridized carbons (Fsp3) is 0.667. The van der Waals surface area contributed by atoms with Crippen molar-refractivity contribution in [1.82, 2.24) is 19.3 Å². The summed E-state index contributed by atoms with van der Waals surface area (Å²) in [4.78, 5) is 4.41. The first kappa shape index (κ1) is 14.0. The van der Waals surface area contributed by atoms with Crippen molar-refractivity contribution in [2.45, 2.75) is 39.8 Å². The van der Waals surface area contributed by atoms with Crippen LogP contribution in [0.25, 0.3) is 11.2 Å². The van der Waals surface area contributed by atoms with Gasteiger partial charge in [0.1, 0.15) is 5.52 Å². The van der Waals surface area contributed by atoms with E-state index in [1.165, 1.54) is 0 Å². The van der Waals surface area contributed by atoms with Crippen molar-refractivity contribution >= 4 is 27.9 Å². The molecule has 19 heavy (non-hydrogen) atoms. The second-order valence-electron chi connectivity index (χ2n) is 4.83. The molecule has 2 N–H and O–H groups in total. The molecule has 2 aromatic heterocycles. The molecule has 2 atom stereocenters. The van der Waals surface area contributed by atoms with E-state index in [0.29, 0.717) is 11.7 Å². The fourth-order valence-electron chi connectivity index (χ4n) is 2.33. The van der Waals surface area contributed by atoms with Crippen LogP contribution in [-0.2, 0) is 17.3 Å². The summed E-state index contributed by atoms with van der Waals surface area (Å²) in [5, 5.41) is 4.47. The Morgan fingerprint density at radius 2 is 2.16 bits per heavy atom. The second kappa shape index (κ2) is 5.32. The molecule has 0 fully saturated rings. The zero-order chi connectivity index (χ0) is 14.2. The molecule has 2 aromatic rings. The largest absolute Gasteiger partial charge is 0.369 e. The van der Waals surface area contributed by atoms with Crippen molar-refractivity contribution < 1.29 is 4.21 Å². The predicted molar refractivity (Wildman–Crippen MR) is 78.6 cm³/mol.